The van der Waals surface area contributed by atoms with Crippen LogP contribution < -0.4 is 10.1 Å². The van der Waals surface area contributed by atoms with E-state index >= 15 is 0 Å². The average molecular weight is 326 g/mol. The van der Waals surface area contributed by atoms with Gasteiger partial charge in [-0.3, -0.25) is 4.79 Å². The Kier molecular flexibility index (Phi) is 5.42. The van der Waals surface area contributed by atoms with E-state index in [0.29, 0.717) is 19.4 Å². The molecule has 1 heterocycles. The molecule has 0 aliphatic carbocycles. The van der Waals surface area contributed by atoms with Crippen LogP contribution >= 0.6 is 0 Å². The fraction of sp³-hybridized carbons (Fsp3) is 0.533. The number of sulfonamides is 1. The van der Waals surface area contributed by atoms with E-state index in [2.05, 4.69) is 5.32 Å². The molecule has 1 N–H and O–H groups in total. The Morgan fingerprint density at radius 3 is 2.82 bits per heavy atom. The van der Waals surface area contributed by atoms with E-state index in [9.17, 15) is 13.2 Å². The van der Waals surface area contributed by atoms with Gasteiger partial charge in [0.2, 0.25) is 15.9 Å². The molecule has 0 fully saturated rings. The molecule has 0 spiro atoms. The Morgan fingerprint density at radius 2 is 2.09 bits per heavy atom. The van der Waals surface area contributed by atoms with Gasteiger partial charge in [0, 0.05) is 26.6 Å². The van der Waals surface area contributed by atoms with Crippen molar-refractivity contribution in [2.45, 2.75) is 12.8 Å². The van der Waals surface area contributed by atoms with Crippen LogP contribution in [-0.4, -0.2) is 51.6 Å². The highest BCUT2D eigenvalue weighted by molar-refractivity contribution is 7.89. The quantitative estimate of drug-likeness (QED) is 0.861. The third kappa shape index (κ3) is 4.20. The minimum absolute atomic E-state index is 0.0917. The van der Waals surface area contributed by atoms with Gasteiger partial charge in [0.15, 0.2) is 0 Å². The molecule has 1 amide bonds. The van der Waals surface area contributed by atoms with Crippen molar-refractivity contribution in [3.63, 3.8) is 0 Å². The number of para-hydroxylation sites is 1. The first-order valence-corrected chi connectivity index (χ1v) is 8.89. The zero-order valence-electron chi connectivity index (χ0n) is 12.9. The Hall–Kier alpha value is -1.60. The molecule has 1 atom stereocenters. The van der Waals surface area contributed by atoms with Crippen molar-refractivity contribution in [1.82, 2.24) is 9.62 Å². The number of hydrogen-bond donors (Lipinski definition) is 1. The van der Waals surface area contributed by atoms with Gasteiger partial charge in [-0.25, -0.2) is 12.7 Å². The number of benzene rings is 1. The average Bonchev–Trinajstić information content (AvgIpc) is 2.69. The van der Waals surface area contributed by atoms with E-state index in [0.717, 1.165) is 15.6 Å². The van der Waals surface area contributed by atoms with Crippen LogP contribution in [0.5, 0.6) is 5.75 Å². The zero-order valence-corrected chi connectivity index (χ0v) is 13.7. The van der Waals surface area contributed by atoms with Gasteiger partial charge in [0.1, 0.15) is 5.75 Å². The molecule has 122 valence electrons. The third-order valence-electron chi connectivity index (χ3n) is 3.75. The molecule has 0 radical (unpaired) electrons. The van der Waals surface area contributed by atoms with E-state index in [-0.39, 0.29) is 24.1 Å². The summed E-state index contributed by atoms with van der Waals surface area (Å²) in [6.07, 6.45) is 1.24. The SMILES string of the molecule is CN(C)S(=O)(=O)CCNC(=O)C1CCOc2ccccc2C1. The van der Waals surface area contributed by atoms with Crippen LogP contribution in [-0.2, 0) is 21.2 Å². The Labute approximate surface area is 131 Å². The molecular formula is C15H22N2O4S. The van der Waals surface area contributed by atoms with Crippen molar-refractivity contribution in [1.29, 1.82) is 0 Å². The Morgan fingerprint density at radius 1 is 1.36 bits per heavy atom. The highest BCUT2D eigenvalue weighted by atomic mass is 32.2. The molecule has 1 unspecified atom stereocenters. The lowest BCUT2D eigenvalue weighted by Crippen LogP contribution is -2.37. The number of nitrogens with zero attached hydrogens (tertiary/aromatic N) is 1. The number of nitrogens with one attached hydrogen (secondary N) is 1. The molecule has 0 saturated carbocycles. The second-order valence-corrected chi connectivity index (χ2v) is 7.84. The molecule has 1 aliphatic rings. The topological polar surface area (TPSA) is 75.7 Å². The molecule has 0 saturated heterocycles. The van der Waals surface area contributed by atoms with E-state index < -0.39 is 10.0 Å². The molecule has 1 aromatic rings. The van der Waals surface area contributed by atoms with Gasteiger partial charge >= 0.3 is 0 Å². The Balaban J connectivity index is 1.91. The van der Waals surface area contributed by atoms with Crippen molar-refractivity contribution < 1.29 is 17.9 Å². The second-order valence-electron chi connectivity index (χ2n) is 5.54. The maximum absolute atomic E-state index is 12.2. The predicted octanol–water partition coefficient (Wildman–Crippen LogP) is 0.635. The molecule has 2 rings (SSSR count). The van der Waals surface area contributed by atoms with Crippen molar-refractivity contribution in [2.75, 3.05) is 33.0 Å². The summed E-state index contributed by atoms with van der Waals surface area (Å²) in [6.45, 7) is 0.615. The van der Waals surface area contributed by atoms with Crippen molar-refractivity contribution in [2.24, 2.45) is 5.92 Å². The molecular weight excluding hydrogens is 304 g/mol. The predicted molar refractivity (Wildman–Crippen MR) is 84.2 cm³/mol. The fourth-order valence-corrected chi connectivity index (χ4v) is 3.07. The smallest absolute Gasteiger partial charge is 0.223 e. The summed E-state index contributed by atoms with van der Waals surface area (Å²) in [7, 11) is -0.321. The summed E-state index contributed by atoms with van der Waals surface area (Å²) >= 11 is 0. The van der Waals surface area contributed by atoms with Crippen LogP contribution in [0.15, 0.2) is 24.3 Å². The molecule has 1 aromatic carbocycles. The van der Waals surface area contributed by atoms with Gasteiger partial charge in [-0.2, -0.15) is 0 Å². The van der Waals surface area contributed by atoms with Gasteiger partial charge in [-0.15, -0.1) is 0 Å². The van der Waals surface area contributed by atoms with Crippen LogP contribution in [0.25, 0.3) is 0 Å². The van der Waals surface area contributed by atoms with E-state index in [1.165, 1.54) is 14.1 Å². The van der Waals surface area contributed by atoms with Crippen LogP contribution in [0.3, 0.4) is 0 Å². The second kappa shape index (κ2) is 7.11. The zero-order chi connectivity index (χ0) is 16.2. The minimum Gasteiger partial charge on any atom is -0.493 e. The number of carbonyl (C=O) groups excluding carboxylic acids is 1. The summed E-state index contributed by atoms with van der Waals surface area (Å²) in [6, 6.07) is 7.69. The summed E-state index contributed by atoms with van der Waals surface area (Å²) in [5.41, 5.74) is 1.01. The van der Waals surface area contributed by atoms with Crippen molar-refractivity contribution in [3.8, 4) is 5.75 Å². The number of hydrogen-bond acceptors (Lipinski definition) is 4. The number of carbonyl (C=O) groups is 1. The summed E-state index contributed by atoms with van der Waals surface area (Å²) in [4.78, 5) is 12.2. The first kappa shape index (κ1) is 16.8. The lowest BCUT2D eigenvalue weighted by molar-refractivity contribution is -0.125. The van der Waals surface area contributed by atoms with Gasteiger partial charge in [-0.1, -0.05) is 18.2 Å². The van der Waals surface area contributed by atoms with E-state index in [1.807, 2.05) is 24.3 Å². The molecule has 22 heavy (non-hydrogen) atoms. The standard InChI is InChI=1S/C15H22N2O4S/c1-17(2)22(19,20)10-8-16-15(18)13-7-9-21-14-6-4-3-5-12(14)11-13/h3-6,13H,7-11H2,1-2H3,(H,16,18). The molecule has 0 aromatic heterocycles. The largest absolute Gasteiger partial charge is 0.493 e. The number of ether oxygens (including phenoxy) is 1. The first-order chi connectivity index (χ1) is 10.4. The number of fused-ring (bicyclic) bond motifs is 1. The van der Waals surface area contributed by atoms with E-state index in [1.54, 1.807) is 0 Å². The van der Waals surface area contributed by atoms with E-state index in [4.69, 9.17) is 4.74 Å². The normalized spacial score (nSPS) is 18.2. The lowest BCUT2D eigenvalue weighted by atomic mass is 9.96. The number of amides is 1. The van der Waals surface area contributed by atoms with Gasteiger partial charge in [-0.05, 0) is 24.5 Å². The number of rotatable bonds is 5. The fourth-order valence-electron chi connectivity index (χ4n) is 2.35. The molecule has 7 heteroatoms. The molecule has 1 aliphatic heterocycles. The minimum atomic E-state index is -3.29. The van der Waals surface area contributed by atoms with Gasteiger partial charge < -0.3 is 10.1 Å². The van der Waals surface area contributed by atoms with Crippen molar-refractivity contribution in [3.05, 3.63) is 29.8 Å². The lowest BCUT2D eigenvalue weighted by Gasteiger charge is -2.15. The van der Waals surface area contributed by atoms with Crippen LogP contribution in [0.4, 0.5) is 0 Å². The molecule has 6 nitrogen and oxygen atoms in total. The highest BCUT2D eigenvalue weighted by Crippen LogP contribution is 2.26. The first-order valence-electron chi connectivity index (χ1n) is 7.29. The monoisotopic (exact) mass is 326 g/mol. The van der Waals surface area contributed by atoms with Crippen LogP contribution in [0.1, 0.15) is 12.0 Å². The summed E-state index contributed by atoms with van der Waals surface area (Å²) in [5.74, 6) is 0.430. The summed E-state index contributed by atoms with van der Waals surface area (Å²) < 4.78 is 30.1. The maximum Gasteiger partial charge on any atom is 0.223 e. The van der Waals surface area contributed by atoms with Crippen molar-refractivity contribution >= 4 is 15.9 Å². The third-order valence-corrected chi connectivity index (χ3v) is 5.58. The Bertz CT molecular complexity index is 628. The van der Waals surface area contributed by atoms with Gasteiger partial charge in [0.05, 0.1) is 12.4 Å². The van der Waals surface area contributed by atoms with Gasteiger partial charge in [0.25, 0.3) is 0 Å². The van der Waals surface area contributed by atoms with Crippen LogP contribution in [0, 0.1) is 5.92 Å². The van der Waals surface area contributed by atoms with Crippen LogP contribution in [0.2, 0.25) is 0 Å². The summed E-state index contributed by atoms with van der Waals surface area (Å²) in [5, 5.41) is 2.72. The molecule has 0 bridgehead atoms. The maximum atomic E-state index is 12.2. The highest BCUT2D eigenvalue weighted by Gasteiger charge is 2.24.